The number of ether oxygens (including phenoxy) is 1. The van der Waals surface area contributed by atoms with Gasteiger partial charge in [-0.2, -0.15) is 0 Å². The number of alkyl halides is 1. The van der Waals surface area contributed by atoms with Crippen molar-refractivity contribution >= 4 is 15.9 Å². The first-order valence-electron chi connectivity index (χ1n) is 7.89. The lowest BCUT2D eigenvalue weighted by atomic mass is 9.75. The minimum Gasteiger partial charge on any atom is -0.371 e. The summed E-state index contributed by atoms with van der Waals surface area (Å²) in [6.45, 7) is 4.74. The maximum absolute atomic E-state index is 6.55. The van der Waals surface area contributed by atoms with Crippen molar-refractivity contribution in [3.05, 3.63) is 0 Å². The van der Waals surface area contributed by atoms with Crippen molar-refractivity contribution in [1.82, 2.24) is 0 Å². The first-order chi connectivity index (χ1) is 8.65. The molecule has 2 aliphatic carbocycles. The predicted molar refractivity (Wildman–Crippen MR) is 81.3 cm³/mol. The fourth-order valence-electron chi connectivity index (χ4n) is 3.65. The minimum atomic E-state index is 0.160. The van der Waals surface area contributed by atoms with E-state index in [2.05, 4.69) is 29.8 Å². The number of hydrogen-bond acceptors (Lipinski definition) is 1. The van der Waals surface area contributed by atoms with Gasteiger partial charge >= 0.3 is 0 Å². The Morgan fingerprint density at radius 2 is 1.67 bits per heavy atom. The predicted octanol–water partition coefficient (Wildman–Crippen LogP) is 5.32. The van der Waals surface area contributed by atoms with E-state index in [0.717, 1.165) is 17.2 Å². The van der Waals surface area contributed by atoms with Crippen molar-refractivity contribution in [2.75, 3.05) is 5.33 Å². The molecule has 0 N–H and O–H groups in total. The highest BCUT2D eigenvalue weighted by Crippen LogP contribution is 2.41. The third-order valence-corrected chi connectivity index (χ3v) is 6.12. The molecule has 0 bridgehead atoms. The Labute approximate surface area is 121 Å². The van der Waals surface area contributed by atoms with E-state index in [1.165, 1.54) is 57.8 Å². The minimum absolute atomic E-state index is 0.160. The maximum Gasteiger partial charge on any atom is 0.0782 e. The summed E-state index contributed by atoms with van der Waals surface area (Å²) in [6.07, 6.45) is 12.5. The zero-order chi connectivity index (χ0) is 13.0. The summed E-state index contributed by atoms with van der Waals surface area (Å²) < 4.78 is 6.55. The Bertz CT molecular complexity index is 237. The van der Waals surface area contributed by atoms with Gasteiger partial charge in [0.05, 0.1) is 11.7 Å². The Hall–Kier alpha value is 0.440. The van der Waals surface area contributed by atoms with Crippen LogP contribution in [0, 0.1) is 11.8 Å². The van der Waals surface area contributed by atoms with Crippen molar-refractivity contribution in [1.29, 1.82) is 0 Å². The van der Waals surface area contributed by atoms with Crippen LogP contribution >= 0.6 is 15.9 Å². The summed E-state index contributed by atoms with van der Waals surface area (Å²) in [7, 11) is 0. The largest absolute Gasteiger partial charge is 0.371 e. The highest BCUT2D eigenvalue weighted by Gasteiger charge is 2.38. The van der Waals surface area contributed by atoms with Gasteiger partial charge in [0.2, 0.25) is 0 Å². The molecule has 0 atom stereocenters. The van der Waals surface area contributed by atoms with Crippen molar-refractivity contribution in [3.8, 4) is 0 Å². The molecule has 1 nitrogen and oxygen atoms in total. The highest BCUT2D eigenvalue weighted by molar-refractivity contribution is 9.09. The lowest BCUT2D eigenvalue weighted by Gasteiger charge is -2.43. The van der Waals surface area contributed by atoms with Crippen LogP contribution in [0.3, 0.4) is 0 Å². The molecular weight excluding hydrogens is 288 g/mol. The van der Waals surface area contributed by atoms with E-state index in [1.54, 1.807) is 0 Å². The van der Waals surface area contributed by atoms with Crippen LogP contribution in [0.1, 0.15) is 71.6 Å². The zero-order valence-electron chi connectivity index (χ0n) is 12.1. The molecule has 2 fully saturated rings. The monoisotopic (exact) mass is 316 g/mol. The Balaban J connectivity index is 1.87. The molecule has 106 valence electrons. The van der Waals surface area contributed by atoms with E-state index >= 15 is 0 Å². The van der Waals surface area contributed by atoms with Gasteiger partial charge in [-0.05, 0) is 50.4 Å². The molecule has 0 heterocycles. The molecule has 2 rings (SSSR count). The van der Waals surface area contributed by atoms with Crippen LogP contribution in [0.2, 0.25) is 0 Å². The van der Waals surface area contributed by atoms with Crippen LogP contribution in [0.15, 0.2) is 0 Å². The van der Waals surface area contributed by atoms with Crippen LogP contribution in [-0.4, -0.2) is 17.0 Å². The Morgan fingerprint density at radius 3 is 2.17 bits per heavy atom. The molecule has 0 aromatic rings. The van der Waals surface area contributed by atoms with E-state index in [4.69, 9.17) is 4.74 Å². The lowest BCUT2D eigenvalue weighted by Crippen LogP contribution is -2.43. The molecule has 0 spiro atoms. The summed E-state index contributed by atoms with van der Waals surface area (Å²) in [5.41, 5.74) is 0.160. The standard InChI is InChI=1S/C16H29BrO/c1-13(2)14-8-10-16(12-17,11-9-14)18-15-6-4-3-5-7-15/h13-15H,3-12H2,1-2H3. The van der Waals surface area contributed by atoms with Crippen LogP contribution in [0.5, 0.6) is 0 Å². The van der Waals surface area contributed by atoms with Gasteiger partial charge in [-0.15, -0.1) is 0 Å². The van der Waals surface area contributed by atoms with E-state index in [1.807, 2.05) is 0 Å². The molecule has 0 aromatic carbocycles. The van der Waals surface area contributed by atoms with Crippen LogP contribution in [-0.2, 0) is 4.74 Å². The number of hydrogen-bond donors (Lipinski definition) is 0. The average molecular weight is 317 g/mol. The van der Waals surface area contributed by atoms with Gasteiger partial charge < -0.3 is 4.74 Å². The van der Waals surface area contributed by atoms with Gasteiger partial charge in [0.15, 0.2) is 0 Å². The summed E-state index contributed by atoms with van der Waals surface area (Å²) in [6, 6.07) is 0. The third-order valence-electron chi connectivity index (χ3n) is 5.10. The summed E-state index contributed by atoms with van der Waals surface area (Å²) in [5, 5.41) is 1.03. The lowest BCUT2D eigenvalue weighted by molar-refractivity contribution is -0.116. The fraction of sp³-hybridized carbons (Fsp3) is 1.00. The first-order valence-corrected chi connectivity index (χ1v) is 9.01. The fourth-order valence-corrected chi connectivity index (χ4v) is 4.35. The molecule has 0 aromatic heterocycles. The van der Waals surface area contributed by atoms with E-state index in [9.17, 15) is 0 Å². The van der Waals surface area contributed by atoms with Crippen molar-refractivity contribution in [2.24, 2.45) is 11.8 Å². The summed E-state index contributed by atoms with van der Waals surface area (Å²) in [4.78, 5) is 0. The van der Waals surface area contributed by atoms with Gasteiger partial charge in [-0.25, -0.2) is 0 Å². The average Bonchev–Trinajstić information content (AvgIpc) is 2.40. The molecule has 18 heavy (non-hydrogen) atoms. The molecule has 0 radical (unpaired) electrons. The Kier molecular flexibility index (Phi) is 5.56. The molecule has 0 saturated heterocycles. The van der Waals surface area contributed by atoms with Crippen molar-refractivity contribution < 1.29 is 4.74 Å². The highest BCUT2D eigenvalue weighted by atomic mass is 79.9. The number of rotatable bonds is 4. The molecule has 2 aliphatic rings. The normalized spacial score (nSPS) is 35.0. The molecule has 2 heteroatoms. The number of halogens is 1. The first kappa shape index (κ1) is 14.8. The van der Waals surface area contributed by atoms with Crippen LogP contribution in [0.4, 0.5) is 0 Å². The van der Waals surface area contributed by atoms with Crippen molar-refractivity contribution in [2.45, 2.75) is 83.3 Å². The van der Waals surface area contributed by atoms with Gasteiger partial charge in [-0.3, -0.25) is 0 Å². The molecule has 0 aliphatic heterocycles. The van der Waals surface area contributed by atoms with E-state index in [-0.39, 0.29) is 5.60 Å². The molecule has 2 saturated carbocycles. The second-order valence-electron chi connectivity index (χ2n) is 6.78. The molecular formula is C16H29BrO. The second kappa shape index (κ2) is 6.74. The van der Waals surface area contributed by atoms with Gasteiger partial charge in [0.25, 0.3) is 0 Å². The van der Waals surface area contributed by atoms with Gasteiger partial charge in [0, 0.05) is 5.33 Å². The molecule has 0 unspecified atom stereocenters. The summed E-state index contributed by atoms with van der Waals surface area (Å²) in [5.74, 6) is 1.76. The quantitative estimate of drug-likeness (QED) is 0.638. The smallest absolute Gasteiger partial charge is 0.0782 e. The third kappa shape index (κ3) is 3.72. The topological polar surface area (TPSA) is 9.23 Å². The Morgan fingerprint density at radius 1 is 1.06 bits per heavy atom. The van der Waals surface area contributed by atoms with E-state index in [0.29, 0.717) is 6.10 Å². The van der Waals surface area contributed by atoms with Crippen LogP contribution in [0.25, 0.3) is 0 Å². The zero-order valence-corrected chi connectivity index (χ0v) is 13.7. The van der Waals surface area contributed by atoms with Gasteiger partial charge in [-0.1, -0.05) is 49.0 Å². The van der Waals surface area contributed by atoms with Crippen LogP contribution < -0.4 is 0 Å². The van der Waals surface area contributed by atoms with E-state index < -0.39 is 0 Å². The second-order valence-corrected chi connectivity index (χ2v) is 7.34. The van der Waals surface area contributed by atoms with Crippen molar-refractivity contribution in [3.63, 3.8) is 0 Å². The summed E-state index contributed by atoms with van der Waals surface area (Å²) >= 11 is 3.73. The SMILES string of the molecule is CC(C)C1CCC(CBr)(OC2CCCCC2)CC1. The molecule has 0 amide bonds. The van der Waals surface area contributed by atoms with Gasteiger partial charge in [0.1, 0.15) is 0 Å². The maximum atomic E-state index is 6.55.